The zero-order valence-electron chi connectivity index (χ0n) is 12.4. The van der Waals surface area contributed by atoms with E-state index in [0.29, 0.717) is 16.8 Å². The van der Waals surface area contributed by atoms with Crippen LogP contribution in [0.15, 0.2) is 30.3 Å². The maximum absolute atomic E-state index is 14.1. The number of aromatic nitrogens is 4. The van der Waals surface area contributed by atoms with Crippen molar-refractivity contribution in [2.24, 2.45) is 0 Å². The number of nitriles is 2. The van der Waals surface area contributed by atoms with Gasteiger partial charge in [-0.05, 0) is 12.1 Å². The van der Waals surface area contributed by atoms with E-state index in [4.69, 9.17) is 10.5 Å². The van der Waals surface area contributed by atoms with Gasteiger partial charge in [0, 0.05) is 21.9 Å². The second kappa shape index (κ2) is 4.53. The van der Waals surface area contributed by atoms with Crippen molar-refractivity contribution >= 4 is 22.1 Å². The van der Waals surface area contributed by atoms with Gasteiger partial charge < -0.3 is 0 Å². The zero-order valence-corrected chi connectivity index (χ0v) is 12.4. The van der Waals surface area contributed by atoms with Crippen LogP contribution in [0.3, 0.4) is 0 Å². The van der Waals surface area contributed by atoms with Gasteiger partial charge >= 0.3 is 0 Å². The molecule has 0 aliphatic heterocycles. The second-order valence-electron chi connectivity index (χ2n) is 5.54. The molecule has 0 unspecified atom stereocenters. The molecule has 0 saturated carbocycles. The van der Waals surface area contributed by atoms with Crippen molar-refractivity contribution in [1.29, 1.82) is 10.5 Å². The van der Waals surface area contributed by atoms with Crippen molar-refractivity contribution in [3.8, 4) is 34.7 Å². The van der Waals surface area contributed by atoms with Crippen molar-refractivity contribution in [3.63, 3.8) is 0 Å². The number of hydrogen-bond acceptors (Lipinski definition) is 6. The summed E-state index contributed by atoms with van der Waals surface area (Å²) in [5.74, 6) is -0.312. The maximum atomic E-state index is 14.1. The highest BCUT2D eigenvalue weighted by molar-refractivity contribution is 6.14. The Morgan fingerprint density at radius 2 is 1.36 bits per heavy atom. The number of rotatable bonds is 0. The van der Waals surface area contributed by atoms with Crippen molar-refractivity contribution in [3.05, 3.63) is 47.5 Å². The van der Waals surface area contributed by atoms with Gasteiger partial charge in [-0.1, -0.05) is 18.2 Å². The summed E-state index contributed by atoms with van der Waals surface area (Å²) in [6.07, 6.45) is 0. The summed E-state index contributed by atoms with van der Waals surface area (Å²) in [5.41, 5.74) is 2.84. The van der Waals surface area contributed by atoms with Crippen LogP contribution in [-0.4, -0.2) is 19.9 Å². The van der Waals surface area contributed by atoms with E-state index in [-0.39, 0.29) is 28.5 Å². The van der Waals surface area contributed by atoms with E-state index in [1.807, 2.05) is 18.2 Å². The van der Waals surface area contributed by atoms with E-state index in [0.717, 1.165) is 16.5 Å². The topological polar surface area (TPSA) is 99.1 Å². The third-order valence-corrected chi connectivity index (χ3v) is 4.23. The molecule has 25 heavy (non-hydrogen) atoms. The molecule has 0 amide bonds. The molecule has 0 atom stereocenters. The van der Waals surface area contributed by atoms with Gasteiger partial charge in [0.2, 0.25) is 0 Å². The molecule has 4 aromatic rings. The SMILES string of the molecule is N#Cc1nc2nc3c(nc2nc1C#N)-c1ccc(F)c2cccc-3c12. The fourth-order valence-corrected chi connectivity index (χ4v) is 3.18. The van der Waals surface area contributed by atoms with Gasteiger partial charge in [0.05, 0.1) is 11.4 Å². The summed E-state index contributed by atoms with van der Waals surface area (Å²) < 4.78 is 14.1. The Morgan fingerprint density at radius 1 is 0.760 bits per heavy atom. The predicted octanol–water partition coefficient (Wildman–Crippen LogP) is 3.10. The van der Waals surface area contributed by atoms with Crippen LogP contribution < -0.4 is 0 Å². The summed E-state index contributed by atoms with van der Waals surface area (Å²) >= 11 is 0. The Bertz CT molecular complexity index is 1260. The molecule has 1 aliphatic carbocycles. The Labute approximate surface area is 139 Å². The molecule has 0 fully saturated rings. The number of nitrogens with zero attached hydrogens (tertiary/aromatic N) is 6. The number of halogens is 1. The first kappa shape index (κ1) is 13.5. The van der Waals surface area contributed by atoms with Crippen molar-refractivity contribution in [2.75, 3.05) is 0 Å². The Balaban J connectivity index is 1.93. The zero-order chi connectivity index (χ0) is 17.1. The quantitative estimate of drug-likeness (QED) is 0.434. The summed E-state index contributed by atoms with van der Waals surface area (Å²) in [6, 6.07) is 12.1. The lowest BCUT2D eigenvalue weighted by molar-refractivity contribution is 0.640. The Hall–Kier alpha value is -3.97. The number of benzene rings is 2. The highest BCUT2D eigenvalue weighted by atomic mass is 19.1. The van der Waals surface area contributed by atoms with Crippen molar-refractivity contribution in [1.82, 2.24) is 19.9 Å². The molecule has 0 N–H and O–H groups in total. The van der Waals surface area contributed by atoms with Crippen LogP contribution in [0.4, 0.5) is 4.39 Å². The van der Waals surface area contributed by atoms with Crippen LogP contribution in [-0.2, 0) is 0 Å². The van der Waals surface area contributed by atoms with Gasteiger partial charge in [0.15, 0.2) is 22.7 Å². The minimum Gasteiger partial charge on any atom is -0.223 e. The molecule has 2 aromatic carbocycles. The van der Waals surface area contributed by atoms with Gasteiger partial charge in [-0.25, -0.2) is 24.3 Å². The number of hydrogen-bond donors (Lipinski definition) is 0. The lowest BCUT2D eigenvalue weighted by Gasteiger charge is -2.03. The highest BCUT2D eigenvalue weighted by Gasteiger charge is 2.26. The normalized spacial score (nSPS) is 11.3. The molecule has 2 heterocycles. The van der Waals surface area contributed by atoms with E-state index in [1.54, 1.807) is 18.2 Å². The molecular weight excluding hydrogens is 319 g/mol. The average molecular weight is 324 g/mol. The predicted molar refractivity (Wildman–Crippen MR) is 86.5 cm³/mol. The third-order valence-electron chi connectivity index (χ3n) is 4.23. The first-order valence-corrected chi connectivity index (χ1v) is 7.33. The largest absolute Gasteiger partial charge is 0.223 e. The van der Waals surface area contributed by atoms with Crippen molar-refractivity contribution < 1.29 is 4.39 Å². The fourth-order valence-electron chi connectivity index (χ4n) is 3.18. The monoisotopic (exact) mass is 324 g/mol. The van der Waals surface area contributed by atoms with Crippen LogP contribution in [0.25, 0.3) is 44.6 Å². The molecule has 0 bridgehead atoms. The molecule has 6 nitrogen and oxygen atoms in total. The minimum absolute atomic E-state index is 0.0935. The summed E-state index contributed by atoms with van der Waals surface area (Å²) in [7, 11) is 0. The Kier molecular flexibility index (Phi) is 2.44. The van der Waals surface area contributed by atoms with Crippen LogP contribution in [0.2, 0.25) is 0 Å². The molecule has 0 saturated heterocycles. The summed E-state index contributed by atoms with van der Waals surface area (Å²) in [5, 5.41) is 19.4. The molecule has 1 aliphatic rings. The molecule has 0 spiro atoms. The third kappa shape index (κ3) is 1.64. The minimum atomic E-state index is -0.312. The van der Waals surface area contributed by atoms with E-state index >= 15 is 0 Å². The lowest BCUT2D eigenvalue weighted by Crippen LogP contribution is -2.01. The van der Waals surface area contributed by atoms with Gasteiger partial charge in [0.1, 0.15) is 18.0 Å². The van der Waals surface area contributed by atoms with Crippen LogP contribution in [0.5, 0.6) is 0 Å². The number of fused-ring (bicyclic) bond motifs is 4. The van der Waals surface area contributed by atoms with E-state index in [1.165, 1.54) is 6.07 Å². The van der Waals surface area contributed by atoms with E-state index in [9.17, 15) is 4.39 Å². The van der Waals surface area contributed by atoms with Crippen LogP contribution in [0, 0.1) is 28.5 Å². The first-order chi connectivity index (χ1) is 12.2. The van der Waals surface area contributed by atoms with Gasteiger partial charge in [-0.3, -0.25) is 0 Å². The van der Waals surface area contributed by atoms with Gasteiger partial charge in [-0.15, -0.1) is 0 Å². The molecule has 0 radical (unpaired) electrons. The first-order valence-electron chi connectivity index (χ1n) is 7.33. The fraction of sp³-hybridized carbons (Fsp3) is 0. The smallest absolute Gasteiger partial charge is 0.199 e. The van der Waals surface area contributed by atoms with Crippen molar-refractivity contribution in [2.45, 2.75) is 0 Å². The Morgan fingerprint density at radius 3 is 1.96 bits per heavy atom. The summed E-state index contributed by atoms with van der Waals surface area (Å²) in [4.78, 5) is 17.2. The van der Waals surface area contributed by atoms with Crippen LogP contribution >= 0.6 is 0 Å². The molecule has 5 rings (SSSR count). The van der Waals surface area contributed by atoms with E-state index < -0.39 is 0 Å². The average Bonchev–Trinajstić information content (AvgIpc) is 2.96. The van der Waals surface area contributed by atoms with E-state index in [2.05, 4.69) is 19.9 Å². The summed E-state index contributed by atoms with van der Waals surface area (Å²) in [6.45, 7) is 0. The standard InChI is InChI=1S/C18H5FN6/c19-11-5-4-10-14-8(11)2-1-3-9(14)15-16(10)25-18-17(24-15)22-12(6-20)13(7-21)23-18/h1-5H. The van der Waals surface area contributed by atoms with Crippen LogP contribution in [0.1, 0.15) is 11.4 Å². The second-order valence-corrected chi connectivity index (χ2v) is 5.54. The molecule has 2 aromatic heterocycles. The molecular formula is C18H5FN6. The maximum Gasteiger partial charge on any atom is 0.199 e. The van der Waals surface area contributed by atoms with Gasteiger partial charge in [0.25, 0.3) is 0 Å². The van der Waals surface area contributed by atoms with Gasteiger partial charge in [-0.2, -0.15) is 10.5 Å². The lowest BCUT2D eigenvalue weighted by atomic mass is 10.0. The molecule has 114 valence electrons. The molecule has 7 heteroatoms. The highest BCUT2D eigenvalue weighted by Crippen LogP contribution is 2.45.